The number of nitrogens with zero attached hydrogens (tertiary/aromatic N) is 2. The summed E-state index contributed by atoms with van der Waals surface area (Å²) in [6.07, 6.45) is 5.62. The summed E-state index contributed by atoms with van der Waals surface area (Å²) < 4.78 is 2.31. The number of para-hydroxylation sites is 1. The number of nitrogens with two attached hydrogens (primary N) is 1. The number of benzene rings is 1. The molecule has 2 bridgehead atoms. The zero-order valence-corrected chi connectivity index (χ0v) is 11.5. The third-order valence-electron chi connectivity index (χ3n) is 5.32. The maximum atomic E-state index is 5.84. The number of hydrogen-bond acceptors (Lipinski definition) is 2. The van der Waals surface area contributed by atoms with Crippen LogP contribution < -0.4 is 5.73 Å². The smallest absolute Gasteiger partial charge is 0.113 e. The van der Waals surface area contributed by atoms with Crippen molar-refractivity contribution >= 4 is 11.0 Å². The fourth-order valence-corrected chi connectivity index (χ4v) is 4.35. The SMILES string of the molecule is Cn1c(C2CC3CCC2C3)nc2c(CN)cccc21. The Morgan fingerprint density at radius 2 is 2.21 bits per heavy atom. The lowest BCUT2D eigenvalue weighted by Gasteiger charge is -2.21. The van der Waals surface area contributed by atoms with E-state index in [1.807, 2.05) is 0 Å². The highest BCUT2D eigenvalue weighted by Gasteiger charge is 2.42. The Bertz CT molecular complexity index is 628. The summed E-state index contributed by atoms with van der Waals surface area (Å²) in [6.45, 7) is 0.574. The molecule has 2 aliphatic rings. The van der Waals surface area contributed by atoms with E-state index in [-0.39, 0.29) is 0 Å². The molecule has 3 unspecified atom stereocenters. The van der Waals surface area contributed by atoms with E-state index in [9.17, 15) is 0 Å². The fraction of sp³-hybridized carbons (Fsp3) is 0.562. The van der Waals surface area contributed by atoms with Crippen molar-refractivity contribution in [3.05, 3.63) is 29.6 Å². The minimum absolute atomic E-state index is 0.574. The van der Waals surface area contributed by atoms with Gasteiger partial charge in [-0.3, -0.25) is 0 Å². The summed E-state index contributed by atoms with van der Waals surface area (Å²) in [5, 5.41) is 0. The van der Waals surface area contributed by atoms with Crippen molar-refractivity contribution in [1.82, 2.24) is 9.55 Å². The number of aromatic nitrogens is 2. The lowest BCUT2D eigenvalue weighted by atomic mass is 9.88. The van der Waals surface area contributed by atoms with Crippen molar-refractivity contribution in [2.24, 2.45) is 24.6 Å². The summed E-state index contributed by atoms with van der Waals surface area (Å²) in [7, 11) is 2.16. The normalized spacial score (nSPS) is 29.5. The van der Waals surface area contributed by atoms with Crippen LogP contribution in [0, 0.1) is 11.8 Å². The van der Waals surface area contributed by atoms with Gasteiger partial charge in [-0.1, -0.05) is 18.6 Å². The van der Waals surface area contributed by atoms with Crippen LogP contribution in [0.3, 0.4) is 0 Å². The van der Waals surface area contributed by atoms with Crippen LogP contribution in [0.15, 0.2) is 18.2 Å². The van der Waals surface area contributed by atoms with E-state index in [1.165, 1.54) is 42.6 Å². The molecule has 2 saturated carbocycles. The van der Waals surface area contributed by atoms with Gasteiger partial charge in [0, 0.05) is 19.5 Å². The van der Waals surface area contributed by atoms with Gasteiger partial charge in [0.1, 0.15) is 5.82 Å². The number of rotatable bonds is 2. The molecule has 19 heavy (non-hydrogen) atoms. The molecule has 2 N–H and O–H groups in total. The number of aryl methyl sites for hydroxylation is 1. The summed E-state index contributed by atoms with van der Waals surface area (Å²) in [5.41, 5.74) is 9.36. The average molecular weight is 255 g/mol. The van der Waals surface area contributed by atoms with Crippen molar-refractivity contribution in [2.45, 2.75) is 38.1 Å². The molecule has 2 fully saturated rings. The third kappa shape index (κ3) is 1.57. The first kappa shape index (κ1) is 11.5. The summed E-state index contributed by atoms with van der Waals surface area (Å²) >= 11 is 0. The monoisotopic (exact) mass is 255 g/mol. The Labute approximate surface area is 113 Å². The first-order valence-corrected chi connectivity index (χ1v) is 7.42. The van der Waals surface area contributed by atoms with E-state index in [1.54, 1.807) is 0 Å². The van der Waals surface area contributed by atoms with Gasteiger partial charge < -0.3 is 10.3 Å². The largest absolute Gasteiger partial charge is 0.331 e. The fourth-order valence-electron chi connectivity index (χ4n) is 4.35. The second-order valence-electron chi connectivity index (χ2n) is 6.30. The van der Waals surface area contributed by atoms with Crippen molar-refractivity contribution in [3.63, 3.8) is 0 Å². The standard InChI is InChI=1S/C16H21N3/c1-19-14-4-2-3-12(9-17)15(14)18-16(19)13-8-10-5-6-11(13)7-10/h2-4,10-11,13H,5-9,17H2,1H3. The Kier molecular flexibility index (Phi) is 2.46. The minimum atomic E-state index is 0.574. The zero-order chi connectivity index (χ0) is 13.0. The van der Waals surface area contributed by atoms with E-state index in [0.29, 0.717) is 12.5 Å². The van der Waals surface area contributed by atoms with Crippen LogP contribution in [0.25, 0.3) is 11.0 Å². The molecule has 3 atom stereocenters. The lowest BCUT2D eigenvalue weighted by molar-refractivity contribution is 0.400. The minimum Gasteiger partial charge on any atom is -0.331 e. The van der Waals surface area contributed by atoms with Crippen LogP contribution in [0.1, 0.15) is 43.0 Å². The predicted molar refractivity (Wildman–Crippen MR) is 76.8 cm³/mol. The third-order valence-corrected chi connectivity index (χ3v) is 5.32. The summed E-state index contributed by atoms with van der Waals surface area (Å²) in [4.78, 5) is 4.97. The molecule has 0 aliphatic heterocycles. The molecule has 0 saturated heterocycles. The van der Waals surface area contributed by atoms with Crippen LogP contribution in [0.5, 0.6) is 0 Å². The maximum absolute atomic E-state index is 5.84. The lowest BCUT2D eigenvalue weighted by Crippen LogP contribution is -2.13. The molecule has 2 aliphatic carbocycles. The Hall–Kier alpha value is -1.35. The second kappa shape index (κ2) is 4.07. The van der Waals surface area contributed by atoms with Gasteiger partial charge in [0.25, 0.3) is 0 Å². The van der Waals surface area contributed by atoms with Crippen LogP contribution in [0.4, 0.5) is 0 Å². The highest BCUT2D eigenvalue weighted by Crippen LogP contribution is 2.52. The van der Waals surface area contributed by atoms with Crippen LogP contribution in [-0.4, -0.2) is 9.55 Å². The van der Waals surface area contributed by atoms with Gasteiger partial charge in [0.05, 0.1) is 11.0 Å². The number of imidazole rings is 1. The molecule has 1 aromatic carbocycles. The molecule has 1 heterocycles. The number of fused-ring (bicyclic) bond motifs is 3. The Morgan fingerprint density at radius 1 is 1.32 bits per heavy atom. The van der Waals surface area contributed by atoms with E-state index >= 15 is 0 Å². The van der Waals surface area contributed by atoms with Gasteiger partial charge >= 0.3 is 0 Å². The van der Waals surface area contributed by atoms with E-state index in [2.05, 4.69) is 29.8 Å². The molecule has 0 spiro atoms. The van der Waals surface area contributed by atoms with Gasteiger partial charge in [-0.2, -0.15) is 0 Å². The van der Waals surface area contributed by atoms with E-state index in [0.717, 1.165) is 17.4 Å². The van der Waals surface area contributed by atoms with Crippen LogP contribution in [0.2, 0.25) is 0 Å². The summed E-state index contributed by atoms with van der Waals surface area (Å²) in [6, 6.07) is 6.36. The highest BCUT2D eigenvalue weighted by molar-refractivity contribution is 5.79. The van der Waals surface area contributed by atoms with E-state index < -0.39 is 0 Å². The highest BCUT2D eigenvalue weighted by atomic mass is 15.1. The molecule has 2 aromatic rings. The molecule has 0 radical (unpaired) electrons. The Morgan fingerprint density at radius 3 is 2.89 bits per heavy atom. The molecule has 3 nitrogen and oxygen atoms in total. The van der Waals surface area contributed by atoms with E-state index in [4.69, 9.17) is 10.7 Å². The first-order chi connectivity index (χ1) is 9.28. The quantitative estimate of drug-likeness (QED) is 0.896. The molecular formula is C16H21N3. The van der Waals surface area contributed by atoms with Crippen molar-refractivity contribution in [1.29, 1.82) is 0 Å². The van der Waals surface area contributed by atoms with Gasteiger partial charge in [0.2, 0.25) is 0 Å². The predicted octanol–water partition coefficient (Wildman–Crippen LogP) is 2.94. The van der Waals surface area contributed by atoms with Crippen LogP contribution >= 0.6 is 0 Å². The van der Waals surface area contributed by atoms with Gasteiger partial charge in [-0.15, -0.1) is 0 Å². The van der Waals surface area contributed by atoms with Crippen molar-refractivity contribution in [3.8, 4) is 0 Å². The Balaban J connectivity index is 1.84. The number of hydrogen-bond donors (Lipinski definition) is 1. The van der Waals surface area contributed by atoms with Gasteiger partial charge in [-0.05, 0) is 42.7 Å². The van der Waals surface area contributed by atoms with Crippen molar-refractivity contribution in [2.75, 3.05) is 0 Å². The molecule has 0 amide bonds. The molecule has 3 heteroatoms. The van der Waals surface area contributed by atoms with Crippen LogP contribution in [-0.2, 0) is 13.6 Å². The van der Waals surface area contributed by atoms with Gasteiger partial charge in [-0.25, -0.2) is 4.98 Å². The topological polar surface area (TPSA) is 43.8 Å². The van der Waals surface area contributed by atoms with Gasteiger partial charge in [0.15, 0.2) is 0 Å². The molecular weight excluding hydrogens is 234 g/mol. The zero-order valence-electron chi connectivity index (χ0n) is 11.5. The second-order valence-corrected chi connectivity index (χ2v) is 6.30. The average Bonchev–Trinajstić information content (AvgIpc) is 3.12. The first-order valence-electron chi connectivity index (χ1n) is 7.42. The maximum Gasteiger partial charge on any atom is 0.113 e. The molecule has 4 rings (SSSR count). The molecule has 100 valence electrons. The molecule has 1 aromatic heterocycles. The van der Waals surface area contributed by atoms with Crippen molar-refractivity contribution < 1.29 is 0 Å². The summed E-state index contributed by atoms with van der Waals surface area (Å²) in [5.74, 6) is 3.82.